The Morgan fingerprint density at radius 1 is 1.15 bits per heavy atom. The van der Waals surface area contributed by atoms with Crippen LogP contribution >= 0.6 is 11.8 Å². The van der Waals surface area contributed by atoms with Gasteiger partial charge in [-0.2, -0.15) is 0 Å². The van der Waals surface area contributed by atoms with Crippen LogP contribution in [0.2, 0.25) is 0 Å². The molecule has 0 aliphatic heterocycles. The first-order chi connectivity index (χ1) is 9.45. The highest BCUT2D eigenvalue weighted by molar-refractivity contribution is 7.98. The highest BCUT2D eigenvalue weighted by atomic mass is 32.2. The van der Waals surface area contributed by atoms with E-state index in [9.17, 15) is 9.90 Å². The van der Waals surface area contributed by atoms with Crippen molar-refractivity contribution in [1.29, 1.82) is 0 Å². The van der Waals surface area contributed by atoms with Gasteiger partial charge in [-0.3, -0.25) is 0 Å². The first-order valence-corrected chi connectivity index (χ1v) is 7.27. The summed E-state index contributed by atoms with van der Waals surface area (Å²) in [6.07, 6.45) is 0. The molecule has 20 heavy (non-hydrogen) atoms. The molecule has 3 N–H and O–H groups in total. The van der Waals surface area contributed by atoms with E-state index in [2.05, 4.69) is 32.0 Å². The summed E-state index contributed by atoms with van der Waals surface area (Å²) in [4.78, 5) is 12.0. The Morgan fingerprint density at radius 2 is 1.80 bits per heavy atom. The van der Waals surface area contributed by atoms with E-state index in [0.717, 1.165) is 10.6 Å². The standard InChI is InChI=1S/C16H17NO2S/c1-10-5-11(2)7-12(6-10)9-20-15-4-3-13(17)8-14(15)16(18)19/h3-8H,9,17H2,1-2H3,(H,18,19). The summed E-state index contributed by atoms with van der Waals surface area (Å²) in [5, 5.41) is 9.21. The Hall–Kier alpha value is -1.94. The molecule has 0 unspecified atom stereocenters. The Bertz CT molecular complexity index is 633. The number of nitrogens with two attached hydrogens (primary N) is 1. The van der Waals surface area contributed by atoms with Gasteiger partial charge in [0.2, 0.25) is 0 Å². The Morgan fingerprint density at radius 3 is 2.40 bits per heavy atom. The lowest BCUT2D eigenvalue weighted by atomic mass is 10.1. The average molecular weight is 287 g/mol. The SMILES string of the molecule is Cc1cc(C)cc(CSc2ccc(N)cc2C(=O)O)c1. The van der Waals surface area contributed by atoms with Gasteiger partial charge < -0.3 is 10.8 Å². The number of carbonyl (C=O) groups is 1. The lowest BCUT2D eigenvalue weighted by Gasteiger charge is -2.08. The van der Waals surface area contributed by atoms with Crippen molar-refractivity contribution in [3.63, 3.8) is 0 Å². The molecule has 0 aromatic heterocycles. The fourth-order valence-electron chi connectivity index (χ4n) is 2.15. The number of benzene rings is 2. The van der Waals surface area contributed by atoms with Gasteiger partial charge in [0.25, 0.3) is 0 Å². The molecule has 4 heteroatoms. The second kappa shape index (κ2) is 6.01. The van der Waals surface area contributed by atoms with E-state index >= 15 is 0 Å². The van der Waals surface area contributed by atoms with Crippen LogP contribution in [0, 0.1) is 13.8 Å². The molecule has 0 saturated heterocycles. The number of thioether (sulfide) groups is 1. The third kappa shape index (κ3) is 3.54. The van der Waals surface area contributed by atoms with E-state index in [-0.39, 0.29) is 5.56 Å². The molecule has 0 saturated carbocycles. The molecular formula is C16H17NO2S. The van der Waals surface area contributed by atoms with E-state index in [4.69, 9.17) is 5.73 Å². The van der Waals surface area contributed by atoms with Crippen molar-refractivity contribution < 1.29 is 9.90 Å². The van der Waals surface area contributed by atoms with Crippen LogP contribution in [0.1, 0.15) is 27.0 Å². The molecule has 0 bridgehead atoms. The van der Waals surface area contributed by atoms with Crippen molar-refractivity contribution in [2.24, 2.45) is 0 Å². The minimum Gasteiger partial charge on any atom is -0.478 e. The summed E-state index contributed by atoms with van der Waals surface area (Å²) >= 11 is 1.52. The lowest BCUT2D eigenvalue weighted by molar-refractivity contribution is 0.0693. The van der Waals surface area contributed by atoms with E-state index in [0.29, 0.717) is 5.69 Å². The maximum atomic E-state index is 11.2. The maximum absolute atomic E-state index is 11.2. The number of nitrogen functional groups attached to an aromatic ring is 1. The quantitative estimate of drug-likeness (QED) is 0.661. The van der Waals surface area contributed by atoms with Gasteiger partial charge in [-0.05, 0) is 37.6 Å². The highest BCUT2D eigenvalue weighted by Gasteiger charge is 2.11. The zero-order valence-electron chi connectivity index (χ0n) is 11.5. The molecule has 2 aromatic carbocycles. The number of carboxylic acids is 1. The molecule has 0 radical (unpaired) electrons. The van der Waals surface area contributed by atoms with E-state index in [1.165, 1.54) is 34.5 Å². The maximum Gasteiger partial charge on any atom is 0.336 e. The minimum absolute atomic E-state index is 0.263. The zero-order chi connectivity index (χ0) is 14.7. The molecule has 0 aliphatic carbocycles. The highest BCUT2D eigenvalue weighted by Crippen LogP contribution is 2.28. The first kappa shape index (κ1) is 14.5. The molecule has 0 atom stereocenters. The topological polar surface area (TPSA) is 63.3 Å². The van der Waals surface area contributed by atoms with Crippen LogP contribution in [0.3, 0.4) is 0 Å². The fourth-order valence-corrected chi connectivity index (χ4v) is 3.11. The van der Waals surface area contributed by atoms with E-state index in [1.807, 2.05) is 0 Å². The number of rotatable bonds is 4. The Balaban J connectivity index is 2.20. The number of hydrogen-bond acceptors (Lipinski definition) is 3. The van der Waals surface area contributed by atoms with Gasteiger partial charge in [0.05, 0.1) is 5.56 Å². The summed E-state index contributed by atoms with van der Waals surface area (Å²) in [5.74, 6) is -0.201. The number of aryl methyl sites for hydroxylation is 2. The second-order valence-corrected chi connectivity index (χ2v) is 5.86. The molecular weight excluding hydrogens is 270 g/mol. The molecule has 2 aromatic rings. The second-order valence-electron chi connectivity index (χ2n) is 4.85. The predicted molar refractivity (Wildman–Crippen MR) is 83.3 cm³/mol. The van der Waals surface area contributed by atoms with Crippen LogP contribution in [0.25, 0.3) is 0 Å². The molecule has 0 amide bonds. The Labute approximate surface area is 122 Å². The first-order valence-electron chi connectivity index (χ1n) is 6.28. The van der Waals surface area contributed by atoms with Crippen LogP contribution in [0.4, 0.5) is 5.69 Å². The molecule has 0 fully saturated rings. The van der Waals surface area contributed by atoms with Gasteiger partial charge >= 0.3 is 5.97 Å². The smallest absolute Gasteiger partial charge is 0.336 e. The summed E-state index contributed by atoms with van der Waals surface area (Å²) in [6, 6.07) is 11.4. The molecule has 0 spiro atoms. The van der Waals surface area contributed by atoms with E-state index < -0.39 is 5.97 Å². The molecule has 0 aliphatic rings. The van der Waals surface area contributed by atoms with Gasteiger partial charge in [-0.25, -0.2) is 4.79 Å². The number of aromatic carboxylic acids is 1. The number of carboxylic acid groups (broad SMARTS) is 1. The van der Waals surface area contributed by atoms with Crippen molar-refractivity contribution in [2.45, 2.75) is 24.5 Å². The third-order valence-electron chi connectivity index (χ3n) is 2.91. The lowest BCUT2D eigenvalue weighted by Crippen LogP contribution is -2.00. The van der Waals surface area contributed by atoms with Crippen molar-refractivity contribution in [3.05, 3.63) is 58.7 Å². The summed E-state index contributed by atoms with van der Waals surface area (Å²) < 4.78 is 0. The number of hydrogen-bond donors (Lipinski definition) is 2. The van der Waals surface area contributed by atoms with Crippen molar-refractivity contribution in [1.82, 2.24) is 0 Å². The van der Waals surface area contributed by atoms with Crippen LogP contribution in [0.5, 0.6) is 0 Å². The third-order valence-corrected chi connectivity index (χ3v) is 4.05. The predicted octanol–water partition coefficient (Wildman–Crippen LogP) is 3.88. The fraction of sp³-hybridized carbons (Fsp3) is 0.188. The molecule has 0 heterocycles. The molecule has 3 nitrogen and oxygen atoms in total. The number of anilines is 1. The van der Waals surface area contributed by atoms with Gasteiger partial charge in [-0.15, -0.1) is 11.8 Å². The van der Waals surface area contributed by atoms with Crippen molar-refractivity contribution in [2.75, 3.05) is 5.73 Å². The Kier molecular flexibility index (Phi) is 4.35. The van der Waals surface area contributed by atoms with Gasteiger partial charge in [0.15, 0.2) is 0 Å². The summed E-state index contributed by atoms with van der Waals surface area (Å²) in [5.41, 5.74) is 10.0. The zero-order valence-corrected chi connectivity index (χ0v) is 12.3. The van der Waals surface area contributed by atoms with Gasteiger partial charge in [-0.1, -0.05) is 29.3 Å². The van der Waals surface area contributed by atoms with Crippen LogP contribution in [-0.2, 0) is 5.75 Å². The molecule has 2 rings (SSSR count). The molecule has 104 valence electrons. The van der Waals surface area contributed by atoms with Gasteiger partial charge in [0, 0.05) is 16.3 Å². The monoisotopic (exact) mass is 287 g/mol. The average Bonchev–Trinajstić information content (AvgIpc) is 2.36. The van der Waals surface area contributed by atoms with Crippen LogP contribution < -0.4 is 5.73 Å². The summed E-state index contributed by atoms with van der Waals surface area (Å²) in [7, 11) is 0. The minimum atomic E-state index is -0.944. The van der Waals surface area contributed by atoms with Crippen molar-refractivity contribution in [3.8, 4) is 0 Å². The van der Waals surface area contributed by atoms with Crippen LogP contribution in [-0.4, -0.2) is 11.1 Å². The largest absolute Gasteiger partial charge is 0.478 e. The van der Waals surface area contributed by atoms with E-state index in [1.54, 1.807) is 12.1 Å². The van der Waals surface area contributed by atoms with Crippen molar-refractivity contribution >= 4 is 23.4 Å². The van der Waals surface area contributed by atoms with Crippen LogP contribution in [0.15, 0.2) is 41.3 Å². The normalized spacial score (nSPS) is 10.5. The summed E-state index contributed by atoms with van der Waals surface area (Å²) in [6.45, 7) is 4.13. The van der Waals surface area contributed by atoms with Gasteiger partial charge in [0.1, 0.15) is 0 Å².